The first-order valence-electron chi connectivity index (χ1n) is 9.62. The van der Waals surface area contributed by atoms with E-state index >= 15 is 0 Å². The van der Waals surface area contributed by atoms with Gasteiger partial charge in [0.05, 0.1) is 39.6 Å². The zero-order valence-electron chi connectivity index (χ0n) is 17.5. The van der Waals surface area contributed by atoms with Gasteiger partial charge in [-0.1, -0.05) is 12.8 Å². The third-order valence-corrected chi connectivity index (χ3v) is 5.56. The molecule has 29 heavy (non-hydrogen) atoms. The lowest BCUT2D eigenvalue weighted by Gasteiger charge is -2.25. The quantitative estimate of drug-likeness (QED) is 0.538. The van der Waals surface area contributed by atoms with Crippen LogP contribution in [0.3, 0.4) is 0 Å². The summed E-state index contributed by atoms with van der Waals surface area (Å²) in [4.78, 5) is 27.6. The standard InChI is InChI=1S/C22H27NO6/c1-13-18(22(25)29-5)16(21(24)23(13)15-8-6-7-9-15)12-14-10-11-17(26-2)20(28-4)19(14)27-3/h10-12,15H,6-9H2,1-5H3. The van der Waals surface area contributed by atoms with Gasteiger partial charge in [-0.05, 0) is 38.0 Å². The minimum Gasteiger partial charge on any atom is -0.493 e. The maximum atomic E-state index is 13.3. The second-order valence-corrected chi connectivity index (χ2v) is 7.05. The first kappa shape index (κ1) is 20.8. The lowest BCUT2D eigenvalue weighted by molar-refractivity contribution is -0.136. The van der Waals surface area contributed by atoms with Gasteiger partial charge in [0.2, 0.25) is 5.75 Å². The van der Waals surface area contributed by atoms with Crippen molar-refractivity contribution in [3.05, 3.63) is 34.5 Å². The Labute approximate surface area is 170 Å². The molecular weight excluding hydrogens is 374 g/mol. The van der Waals surface area contributed by atoms with E-state index < -0.39 is 5.97 Å². The molecule has 1 amide bonds. The van der Waals surface area contributed by atoms with Crippen molar-refractivity contribution in [3.8, 4) is 17.2 Å². The van der Waals surface area contributed by atoms with Gasteiger partial charge in [-0.3, -0.25) is 4.79 Å². The Balaban J connectivity index is 2.14. The van der Waals surface area contributed by atoms with Gasteiger partial charge < -0.3 is 23.8 Å². The summed E-state index contributed by atoms with van der Waals surface area (Å²) >= 11 is 0. The third-order valence-electron chi connectivity index (χ3n) is 5.56. The Morgan fingerprint density at radius 2 is 1.69 bits per heavy atom. The summed E-state index contributed by atoms with van der Waals surface area (Å²) in [6, 6.07) is 3.61. The number of allylic oxidation sites excluding steroid dienone is 1. The Morgan fingerprint density at radius 1 is 1.03 bits per heavy atom. The predicted molar refractivity (Wildman–Crippen MR) is 108 cm³/mol. The maximum Gasteiger partial charge on any atom is 0.340 e. The SMILES string of the molecule is COC(=O)C1=C(C)N(C2CCCC2)C(=O)C1=Cc1ccc(OC)c(OC)c1OC. The van der Waals surface area contributed by atoms with Crippen molar-refractivity contribution >= 4 is 18.0 Å². The molecular formula is C22H27NO6. The first-order chi connectivity index (χ1) is 14.0. The summed E-state index contributed by atoms with van der Waals surface area (Å²) in [7, 11) is 5.89. The number of esters is 1. The van der Waals surface area contributed by atoms with Gasteiger partial charge in [0.25, 0.3) is 5.91 Å². The number of carbonyl (C=O) groups excluding carboxylic acids is 2. The fourth-order valence-corrected chi connectivity index (χ4v) is 4.19. The van der Waals surface area contributed by atoms with E-state index in [0.717, 1.165) is 25.7 Å². The predicted octanol–water partition coefficient (Wildman–Crippen LogP) is 3.33. The Bertz CT molecular complexity index is 880. The van der Waals surface area contributed by atoms with Gasteiger partial charge in [0, 0.05) is 17.3 Å². The van der Waals surface area contributed by atoms with Gasteiger partial charge in [0.15, 0.2) is 11.5 Å². The molecule has 1 aliphatic heterocycles. The highest BCUT2D eigenvalue weighted by Crippen LogP contribution is 2.43. The smallest absolute Gasteiger partial charge is 0.340 e. The number of hydrogen-bond donors (Lipinski definition) is 0. The molecule has 1 aliphatic carbocycles. The lowest BCUT2D eigenvalue weighted by atomic mass is 10.0. The number of benzene rings is 1. The average Bonchev–Trinajstić information content (AvgIpc) is 3.33. The highest BCUT2D eigenvalue weighted by atomic mass is 16.5. The summed E-state index contributed by atoms with van der Waals surface area (Å²) in [5, 5.41) is 0. The van der Waals surface area contributed by atoms with E-state index in [-0.39, 0.29) is 11.9 Å². The Kier molecular flexibility index (Phi) is 6.15. The normalized spacial score (nSPS) is 18.6. The second-order valence-electron chi connectivity index (χ2n) is 7.05. The summed E-state index contributed by atoms with van der Waals surface area (Å²) in [5.41, 5.74) is 1.84. The summed E-state index contributed by atoms with van der Waals surface area (Å²) < 4.78 is 21.3. The number of nitrogens with zero attached hydrogens (tertiary/aromatic N) is 1. The van der Waals surface area contributed by atoms with E-state index in [9.17, 15) is 9.59 Å². The molecule has 0 radical (unpaired) electrons. The molecule has 0 N–H and O–H groups in total. The molecule has 1 saturated carbocycles. The fraction of sp³-hybridized carbons (Fsp3) is 0.455. The van der Waals surface area contributed by atoms with Gasteiger partial charge >= 0.3 is 5.97 Å². The van der Waals surface area contributed by atoms with E-state index in [1.807, 2.05) is 0 Å². The van der Waals surface area contributed by atoms with Crippen LogP contribution < -0.4 is 14.2 Å². The molecule has 0 aromatic heterocycles. The van der Waals surface area contributed by atoms with Crippen molar-refractivity contribution in [2.24, 2.45) is 0 Å². The maximum absolute atomic E-state index is 13.3. The fourth-order valence-electron chi connectivity index (χ4n) is 4.19. The van der Waals surface area contributed by atoms with E-state index in [1.54, 1.807) is 30.0 Å². The summed E-state index contributed by atoms with van der Waals surface area (Å²) in [6.07, 6.45) is 5.69. The van der Waals surface area contributed by atoms with Crippen LogP contribution in [0.15, 0.2) is 29.0 Å². The molecule has 1 heterocycles. The van der Waals surface area contributed by atoms with Gasteiger partial charge in [-0.25, -0.2) is 4.79 Å². The van der Waals surface area contributed by atoms with Crippen LogP contribution in [0.5, 0.6) is 17.2 Å². The summed E-state index contributed by atoms with van der Waals surface area (Å²) in [6.45, 7) is 1.80. The van der Waals surface area contributed by atoms with Crippen LogP contribution in [0, 0.1) is 0 Å². The minimum absolute atomic E-state index is 0.111. The average molecular weight is 401 g/mol. The Morgan fingerprint density at radius 3 is 2.24 bits per heavy atom. The number of carbonyl (C=O) groups is 2. The van der Waals surface area contributed by atoms with Gasteiger partial charge in [-0.15, -0.1) is 0 Å². The molecule has 0 atom stereocenters. The van der Waals surface area contributed by atoms with Crippen LogP contribution in [-0.4, -0.2) is 51.3 Å². The molecule has 0 saturated heterocycles. The summed E-state index contributed by atoms with van der Waals surface area (Å²) in [5.74, 6) is 0.640. The molecule has 7 heteroatoms. The largest absolute Gasteiger partial charge is 0.493 e. The zero-order valence-corrected chi connectivity index (χ0v) is 17.5. The molecule has 1 aromatic rings. The van der Waals surface area contributed by atoms with Gasteiger partial charge in [0.1, 0.15) is 0 Å². The van der Waals surface area contributed by atoms with Crippen molar-refractivity contribution in [2.75, 3.05) is 28.4 Å². The molecule has 1 fully saturated rings. The highest BCUT2D eigenvalue weighted by molar-refractivity contribution is 6.16. The van der Waals surface area contributed by atoms with Crippen LogP contribution in [0.4, 0.5) is 0 Å². The number of ether oxygens (including phenoxy) is 4. The molecule has 0 spiro atoms. The molecule has 156 valence electrons. The van der Waals surface area contributed by atoms with E-state index in [0.29, 0.717) is 39.7 Å². The highest BCUT2D eigenvalue weighted by Gasteiger charge is 2.41. The number of amides is 1. The second kappa shape index (κ2) is 8.59. The van der Waals surface area contributed by atoms with E-state index in [4.69, 9.17) is 18.9 Å². The number of methoxy groups -OCH3 is 4. The van der Waals surface area contributed by atoms with Crippen molar-refractivity contribution < 1.29 is 28.5 Å². The Hall–Kier alpha value is -2.96. The van der Waals surface area contributed by atoms with Crippen LogP contribution in [0.1, 0.15) is 38.2 Å². The van der Waals surface area contributed by atoms with Gasteiger partial charge in [-0.2, -0.15) is 0 Å². The number of rotatable bonds is 6. The zero-order chi connectivity index (χ0) is 21.1. The number of hydrogen-bond acceptors (Lipinski definition) is 6. The van der Waals surface area contributed by atoms with E-state index in [1.165, 1.54) is 28.4 Å². The lowest BCUT2D eigenvalue weighted by Crippen LogP contribution is -2.34. The molecule has 0 unspecified atom stereocenters. The van der Waals surface area contributed by atoms with Crippen molar-refractivity contribution in [1.29, 1.82) is 0 Å². The van der Waals surface area contributed by atoms with Crippen molar-refractivity contribution in [1.82, 2.24) is 4.90 Å². The van der Waals surface area contributed by atoms with Crippen molar-refractivity contribution in [3.63, 3.8) is 0 Å². The topological polar surface area (TPSA) is 74.3 Å². The molecule has 1 aromatic carbocycles. The first-order valence-corrected chi connectivity index (χ1v) is 9.62. The minimum atomic E-state index is -0.526. The van der Waals surface area contributed by atoms with Crippen LogP contribution in [-0.2, 0) is 14.3 Å². The molecule has 0 bridgehead atoms. The van der Waals surface area contributed by atoms with Crippen LogP contribution in [0.2, 0.25) is 0 Å². The molecule has 7 nitrogen and oxygen atoms in total. The van der Waals surface area contributed by atoms with Crippen LogP contribution >= 0.6 is 0 Å². The van der Waals surface area contributed by atoms with E-state index in [2.05, 4.69) is 0 Å². The molecule has 2 aliphatic rings. The molecule has 3 rings (SSSR count). The monoisotopic (exact) mass is 401 g/mol. The van der Waals surface area contributed by atoms with Crippen LogP contribution in [0.25, 0.3) is 6.08 Å². The van der Waals surface area contributed by atoms with Crippen molar-refractivity contribution in [2.45, 2.75) is 38.6 Å². The third kappa shape index (κ3) is 3.57.